The molecule has 4 rings (SSSR count). The summed E-state index contributed by atoms with van der Waals surface area (Å²) < 4.78 is 11.4. The number of hydrogen-bond acceptors (Lipinski definition) is 4. The normalized spacial score (nSPS) is 21.9. The summed E-state index contributed by atoms with van der Waals surface area (Å²) >= 11 is 0. The molecule has 0 aromatic heterocycles. The Bertz CT molecular complexity index is 748. The van der Waals surface area contributed by atoms with Gasteiger partial charge in [-0.1, -0.05) is 11.6 Å². The molecule has 1 aromatic rings. The number of hydrogen-bond donors (Lipinski definition) is 1. The van der Waals surface area contributed by atoms with Crippen LogP contribution in [0.4, 0.5) is 5.69 Å². The van der Waals surface area contributed by atoms with Crippen LogP contribution in [0, 0.1) is 0 Å². The van der Waals surface area contributed by atoms with Crippen molar-refractivity contribution in [3.63, 3.8) is 0 Å². The second-order valence-corrected chi connectivity index (χ2v) is 6.99. The van der Waals surface area contributed by atoms with Gasteiger partial charge < -0.3 is 19.7 Å². The average Bonchev–Trinajstić information content (AvgIpc) is 2.61. The van der Waals surface area contributed by atoms with Crippen LogP contribution in [0.5, 0.6) is 5.75 Å². The van der Waals surface area contributed by atoms with Gasteiger partial charge in [0.25, 0.3) is 11.8 Å². The van der Waals surface area contributed by atoms with Crippen LogP contribution in [-0.2, 0) is 9.53 Å². The molecule has 3 aliphatic rings. The minimum atomic E-state index is -0.192. The Morgan fingerprint density at radius 3 is 2.84 bits per heavy atom. The number of rotatable bonds is 1. The van der Waals surface area contributed by atoms with Gasteiger partial charge >= 0.3 is 0 Å². The smallest absolute Gasteiger partial charge is 0.262 e. The number of carbonyl (C=O) groups excluding carboxylic acids is 2. The lowest BCUT2D eigenvalue weighted by Gasteiger charge is -2.42. The third-order valence-electron chi connectivity index (χ3n) is 5.15. The summed E-state index contributed by atoms with van der Waals surface area (Å²) in [7, 11) is 0. The van der Waals surface area contributed by atoms with Gasteiger partial charge in [0.2, 0.25) is 0 Å². The van der Waals surface area contributed by atoms with Crippen molar-refractivity contribution in [2.45, 2.75) is 31.8 Å². The molecule has 2 amide bonds. The number of ether oxygens (including phenoxy) is 2. The van der Waals surface area contributed by atoms with E-state index in [9.17, 15) is 9.59 Å². The van der Waals surface area contributed by atoms with Crippen LogP contribution in [0.1, 0.15) is 36.5 Å². The maximum Gasteiger partial charge on any atom is 0.262 e. The van der Waals surface area contributed by atoms with E-state index in [1.165, 1.54) is 5.57 Å². The van der Waals surface area contributed by atoms with Crippen molar-refractivity contribution >= 4 is 17.5 Å². The fourth-order valence-corrected chi connectivity index (χ4v) is 3.75. The Balaban J connectivity index is 1.46. The molecule has 3 aliphatic heterocycles. The van der Waals surface area contributed by atoms with Crippen molar-refractivity contribution in [1.29, 1.82) is 0 Å². The summed E-state index contributed by atoms with van der Waals surface area (Å²) in [5.74, 6) is 0.367. The molecule has 3 heterocycles. The van der Waals surface area contributed by atoms with E-state index in [4.69, 9.17) is 9.47 Å². The van der Waals surface area contributed by atoms with E-state index in [1.54, 1.807) is 18.2 Å². The number of fused-ring (bicyclic) bond motifs is 1. The molecule has 1 spiro atoms. The first-order chi connectivity index (χ1) is 12.0. The highest BCUT2D eigenvalue weighted by molar-refractivity contribution is 5.99. The Hall–Kier alpha value is -2.34. The Labute approximate surface area is 146 Å². The average molecular weight is 342 g/mol. The highest BCUT2D eigenvalue weighted by atomic mass is 16.5. The Kier molecular flexibility index (Phi) is 4.00. The van der Waals surface area contributed by atoms with Crippen molar-refractivity contribution < 1.29 is 19.1 Å². The Morgan fingerprint density at radius 1 is 1.28 bits per heavy atom. The standard InChI is InChI=1S/C19H22N2O4/c1-13-4-9-25-19(11-13)5-7-21(8-6-19)18(23)14-2-3-15-16(10-14)24-12-17(22)20-15/h2-3,10-11H,4-9,12H2,1H3,(H,20,22). The van der Waals surface area contributed by atoms with Crippen molar-refractivity contribution in [1.82, 2.24) is 4.90 Å². The zero-order chi connectivity index (χ0) is 17.4. The molecule has 0 saturated carbocycles. The molecule has 0 radical (unpaired) electrons. The quantitative estimate of drug-likeness (QED) is 0.796. The molecule has 1 aromatic carbocycles. The van der Waals surface area contributed by atoms with Crippen LogP contribution in [0.3, 0.4) is 0 Å². The summed E-state index contributed by atoms with van der Waals surface area (Å²) in [5, 5.41) is 2.74. The monoisotopic (exact) mass is 342 g/mol. The molecular weight excluding hydrogens is 320 g/mol. The number of amides is 2. The molecule has 1 saturated heterocycles. The molecule has 0 bridgehead atoms. The topological polar surface area (TPSA) is 67.9 Å². The molecule has 6 heteroatoms. The first kappa shape index (κ1) is 16.1. The van der Waals surface area contributed by atoms with Crippen LogP contribution in [0.25, 0.3) is 0 Å². The fourth-order valence-electron chi connectivity index (χ4n) is 3.75. The molecule has 0 aliphatic carbocycles. The van der Waals surface area contributed by atoms with Crippen LogP contribution < -0.4 is 10.1 Å². The van der Waals surface area contributed by atoms with Crippen LogP contribution in [0.2, 0.25) is 0 Å². The third kappa shape index (κ3) is 3.14. The molecule has 25 heavy (non-hydrogen) atoms. The fraction of sp³-hybridized carbons (Fsp3) is 0.474. The minimum absolute atomic E-state index is 0.00494. The SMILES string of the molecule is CC1=CC2(CCN(C(=O)c3ccc4c(c3)OCC(=O)N4)CC2)OCC1. The van der Waals surface area contributed by atoms with Gasteiger partial charge in [-0.25, -0.2) is 0 Å². The molecule has 1 N–H and O–H groups in total. The van der Waals surface area contributed by atoms with Crippen LogP contribution in [-0.4, -0.2) is 48.6 Å². The van der Waals surface area contributed by atoms with E-state index in [2.05, 4.69) is 18.3 Å². The molecule has 1 fully saturated rings. The number of nitrogens with zero attached hydrogens (tertiary/aromatic N) is 1. The first-order valence-corrected chi connectivity index (χ1v) is 8.73. The van der Waals surface area contributed by atoms with Crippen molar-refractivity contribution in [3.05, 3.63) is 35.4 Å². The first-order valence-electron chi connectivity index (χ1n) is 8.73. The predicted molar refractivity (Wildman–Crippen MR) is 92.8 cm³/mol. The number of benzene rings is 1. The summed E-state index contributed by atoms with van der Waals surface area (Å²) in [6, 6.07) is 5.17. The van der Waals surface area contributed by atoms with Gasteiger partial charge in [0.1, 0.15) is 5.75 Å². The molecule has 0 unspecified atom stereocenters. The highest BCUT2D eigenvalue weighted by Gasteiger charge is 2.37. The van der Waals surface area contributed by atoms with Crippen molar-refractivity contribution in [2.24, 2.45) is 0 Å². The number of carbonyl (C=O) groups is 2. The molecule has 132 valence electrons. The minimum Gasteiger partial charge on any atom is -0.482 e. The zero-order valence-corrected chi connectivity index (χ0v) is 14.3. The summed E-state index contributed by atoms with van der Waals surface area (Å²) in [6.07, 6.45) is 4.89. The zero-order valence-electron chi connectivity index (χ0n) is 14.3. The van der Waals surface area contributed by atoms with Crippen molar-refractivity contribution in [2.75, 3.05) is 31.6 Å². The van der Waals surface area contributed by atoms with Gasteiger partial charge in [-0.05, 0) is 44.4 Å². The molecule has 0 atom stereocenters. The summed E-state index contributed by atoms with van der Waals surface area (Å²) in [6.45, 7) is 4.26. The predicted octanol–water partition coefficient (Wildman–Crippen LogP) is 2.36. The van der Waals surface area contributed by atoms with Gasteiger partial charge in [0.15, 0.2) is 6.61 Å². The second-order valence-electron chi connectivity index (χ2n) is 6.99. The number of nitrogens with one attached hydrogen (secondary N) is 1. The van der Waals surface area contributed by atoms with E-state index in [0.29, 0.717) is 30.1 Å². The number of likely N-dealkylation sites (tertiary alicyclic amines) is 1. The lowest BCUT2D eigenvalue weighted by atomic mass is 9.87. The second kappa shape index (κ2) is 6.19. The van der Waals surface area contributed by atoms with Gasteiger partial charge in [-0.15, -0.1) is 0 Å². The molecular formula is C19H22N2O4. The van der Waals surface area contributed by atoms with E-state index in [-0.39, 0.29) is 24.0 Å². The van der Waals surface area contributed by atoms with E-state index >= 15 is 0 Å². The van der Waals surface area contributed by atoms with Gasteiger partial charge in [-0.2, -0.15) is 0 Å². The van der Waals surface area contributed by atoms with Crippen molar-refractivity contribution in [3.8, 4) is 5.75 Å². The lowest BCUT2D eigenvalue weighted by molar-refractivity contribution is -0.118. The van der Waals surface area contributed by atoms with E-state index in [1.807, 2.05) is 4.90 Å². The number of anilines is 1. The van der Waals surface area contributed by atoms with Crippen LogP contribution in [0.15, 0.2) is 29.8 Å². The van der Waals surface area contributed by atoms with Gasteiger partial charge in [0.05, 0.1) is 17.9 Å². The maximum atomic E-state index is 12.8. The maximum absolute atomic E-state index is 12.8. The third-order valence-corrected chi connectivity index (χ3v) is 5.15. The lowest BCUT2D eigenvalue weighted by Crippen LogP contribution is -2.48. The van der Waals surface area contributed by atoms with Gasteiger partial charge in [-0.3, -0.25) is 9.59 Å². The van der Waals surface area contributed by atoms with Gasteiger partial charge in [0, 0.05) is 18.7 Å². The number of piperidine rings is 1. The highest BCUT2D eigenvalue weighted by Crippen LogP contribution is 2.34. The van der Waals surface area contributed by atoms with Crippen LogP contribution >= 0.6 is 0 Å². The Morgan fingerprint density at radius 2 is 2.08 bits per heavy atom. The largest absolute Gasteiger partial charge is 0.482 e. The summed E-state index contributed by atoms with van der Waals surface area (Å²) in [4.78, 5) is 26.0. The molecule has 6 nitrogen and oxygen atoms in total. The van der Waals surface area contributed by atoms with E-state index < -0.39 is 0 Å². The van der Waals surface area contributed by atoms with E-state index in [0.717, 1.165) is 25.9 Å². The summed E-state index contributed by atoms with van der Waals surface area (Å²) in [5.41, 5.74) is 2.38.